The number of benzene rings is 2. The third kappa shape index (κ3) is 2.79. The lowest BCUT2D eigenvalue weighted by atomic mass is 9.93. The van der Waals surface area contributed by atoms with Crippen LogP contribution in [0.15, 0.2) is 36.4 Å². The highest BCUT2D eigenvalue weighted by atomic mass is 19.1. The maximum absolute atomic E-state index is 13.9. The number of nitrogens with two attached hydrogens (primary N) is 1. The summed E-state index contributed by atoms with van der Waals surface area (Å²) in [6.45, 7) is 2.65. The quantitative estimate of drug-likeness (QED) is 0.930. The SMILES string of the molecule is Cc1ccccc1-c1cc(F)cc2c1O[C@@H](CCN)CC2. The van der Waals surface area contributed by atoms with Crippen LogP contribution in [0.25, 0.3) is 11.1 Å². The summed E-state index contributed by atoms with van der Waals surface area (Å²) in [5.74, 6) is 0.628. The summed E-state index contributed by atoms with van der Waals surface area (Å²) in [4.78, 5) is 0. The topological polar surface area (TPSA) is 35.2 Å². The second-order valence-corrected chi connectivity index (χ2v) is 5.61. The van der Waals surface area contributed by atoms with E-state index in [0.29, 0.717) is 6.54 Å². The van der Waals surface area contributed by atoms with Crippen molar-refractivity contribution >= 4 is 0 Å². The van der Waals surface area contributed by atoms with Gasteiger partial charge in [-0.3, -0.25) is 0 Å². The summed E-state index contributed by atoms with van der Waals surface area (Å²) in [7, 11) is 0. The average molecular weight is 285 g/mol. The molecule has 0 radical (unpaired) electrons. The van der Waals surface area contributed by atoms with Crippen molar-refractivity contribution in [1.29, 1.82) is 0 Å². The van der Waals surface area contributed by atoms with Crippen molar-refractivity contribution in [2.75, 3.05) is 6.54 Å². The molecule has 1 heterocycles. The largest absolute Gasteiger partial charge is 0.489 e. The van der Waals surface area contributed by atoms with E-state index in [1.807, 2.05) is 31.2 Å². The number of fused-ring (bicyclic) bond motifs is 1. The molecule has 0 spiro atoms. The van der Waals surface area contributed by atoms with Gasteiger partial charge < -0.3 is 10.5 Å². The molecule has 0 fully saturated rings. The van der Waals surface area contributed by atoms with Crippen LogP contribution in [0.3, 0.4) is 0 Å². The average Bonchev–Trinajstić information content (AvgIpc) is 2.48. The van der Waals surface area contributed by atoms with Crippen molar-refractivity contribution in [3.63, 3.8) is 0 Å². The number of hydrogen-bond acceptors (Lipinski definition) is 2. The molecule has 3 rings (SSSR count). The molecule has 1 atom stereocenters. The Kier molecular flexibility index (Phi) is 3.93. The standard InChI is InChI=1S/C18H20FNO/c1-12-4-2-3-5-16(12)17-11-14(19)10-13-6-7-15(8-9-20)21-18(13)17/h2-5,10-11,15H,6-9,20H2,1H3/t15-/m1/s1. The Bertz CT molecular complexity index is 654. The number of rotatable bonds is 3. The highest BCUT2D eigenvalue weighted by Gasteiger charge is 2.23. The molecule has 0 unspecified atom stereocenters. The van der Waals surface area contributed by atoms with Gasteiger partial charge in [0.05, 0.1) is 0 Å². The Balaban J connectivity index is 2.09. The fourth-order valence-corrected chi connectivity index (χ4v) is 2.98. The molecule has 3 heteroatoms. The van der Waals surface area contributed by atoms with Gasteiger partial charge in [-0.15, -0.1) is 0 Å². The van der Waals surface area contributed by atoms with E-state index in [9.17, 15) is 4.39 Å². The molecule has 0 aromatic heterocycles. The second kappa shape index (κ2) is 5.86. The number of hydrogen-bond donors (Lipinski definition) is 1. The maximum atomic E-state index is 13.9. The van der Waals surface area contributed by atoms with E-state index >= 15 is 0 Å². The molecule has 0 saturated heterocycles. The summed E-state index contributed by atoms with van der Waals surface area (Å²) in [6.07, 6.45) is 2.72. The predicted octanol–water partition coefficient (Wildman–Crippen LogP) is 3.84. The molecule has 21 heavy (non-hydrogen) atoms. The van der Waals surface area contributed by atoms with Gasteiger partial charge in [0, 0.05) is 5.56 Å². The zero-order valence-corrected chi connectivity index (χ0v) is 12.2. The smallest absolute Gasteiger partial charge is 0.130 e. The lowest BCUT2D eigenvalue weighted by molar-refractivity contribution is 0.167. The van der Waals surface area contributed by atoms with E-state index in [-0.39, 0.29) is 11.9 Å². The first-order chi connectivity index (χ1) is 10.2. The van der Waals surface area contributed by atoms with Gasteiger partial charge in [0.1, 0.15) is 17.7 Å². The highest BCUT2D eigenvalue weighted by molar-refractivity contribution is 5.75. The van der Waals surface area contributed by atoms with E-state index in [1.165, 1.54) is 0 Å². The van der Waals surface area contributed by atoms with Gasteiger partial charge in [0.15, 0.2) is 0 Å². The van der Waals surface area contributed by atoms with Gasteiger partial charge in [-0.25, -0.2) is 4.39 Å². The Morgan fingerprint density at radius 1 is 1.24 bits per heavy atom. The zero-order valence-electron chi connectivity index (χ0n) is 12.2. The van der Waals surface area contributed by atoms with E-state index in [2.05, 4.69) is 0 Å². The van der Waals surface area contributed by atoms with Crippen molar-refractivity contribution in [2.24, 2.45) is 5.73 Å². The zero-order chi connectivity index (χ0) is 14.8. The fraction of sp³-hybridized carbons (Fsp3) is 0.333. The molecule has 0 amide bonds. The summed E-state index contributed by atoms with van der Waals surface area (Å²) < 4.78 is 20.1. The van der Waals surface area contributed by atoms with Crippen LogP contribution >= 0.6 is 0 Å². The maximum Gasteiger partial charge on any atom is 0.130 e. The molecule has 0 bridgehead atoms. The molecule has 2 aromatic rings. The predicted molar refractivity (Wildman–Crippen MR) is 83.0 cm³/mol. The Morgan fingerprint density at radius 2 is 2.05 bits per heavy atom. The molecule has 0 aliphatic carbocycles. The van der Waals surface area contributed by atoms with E-state index in [1.54, 1.807) is 12.1 Å². The molecule has 2 N–H and O–H groups in total. The van der Waals surface area contributed by atoms with Gasteiger partial charge >= 0.3 is 0 Å². The number of ether oxygens (including phenoxy) is 1. The van der Waals surface area contributed by atoms with E-state index in [4.69, 9.17) is 10.5 Å². The minimum atomic E-state index is -0.201. The van der Waals surface area contributed by atoms with Crippen LogP contribution in [0, 0.1) is 12.7 Å². The minimum absolute atomic E-state index is 0.135. The molecular formula is C18H20FNO. The van der Waals surface area contributed by atoms with Crippen LogP contribution in [0.2, 0.25) is 0 Å². The van der Waals surface area contributed by atoms with Gasteiger partial charge in [0.25, 0.3) is 0 Å². The first-order valence-corrected chi connectivity index (χ1v) is 7.44. The fourth-order valence-electron chi connectivity index (χ4n) is 2.98. The third-order valence-electron chi connectivity index (χ3n) is 4.07. The van der Waals surface area contributed by atoms with Crippen LogP contribution in [0.4, 0.5) is 4.39 Å². The second-order valence-electron chi connectivity index (χ2n) is 5.61. The Hall–Kier alpha value is -1.87. The van der Waals surface area contributed by atoms with Crippen LogP contribution in [0.5, 0.6) is 5.75 Å². The van der Waals surface area contributed by atoms with Crippen molar-refractivity contribution in [1.82, 2.24) is 0 Å². The Labute approximate surface area is 124 Å². The highest BCUT2D eigenvalue weighted by Crippen LogP contribution is 2.40. The molecule has 2 nitrogen and oxygen atoms in total. The lowest BCUT2D eigenvalue weighted by Crippen LogP contribution is -2.26. The molecular weight excluding hydrogens is 265 g/mol. The van der Waals surface area contributed by atoms with Crippen molar-refractivity contribution in [2.45, 2.75) is 32.3 Å². The lowest BCUT2D eigenvalue weighted by Gasteiger charge is -2.28. The third-order valence-corrected chi connectivity index (χ3v) is 4.07. The summed E-state index contributed by atoms with van der Waals surface area (Å²) >= 11 is 0. The summed E-state index contributed by atoms with van der Waals surface area (Å²) in [5.41, 5.74) is 9.60. The van der Waals surface area contributed by atoms with Crippen molar-refractivity contribution in [3.8, 4) is 16.9 Å². The summed E-state index contributed by atoms with van der Waals surface area (Å²) in [6, 6.07) is 11.2. The van der Waals surface area contributed by atoms with Gasteiger partial charge in [-0.2, -0.15) is 0 Å². The van der Waals surface area contributed by atoms with Crippen LogP contribution in [-0.2, 0) is 6.42 Å². The van der Waals surface area contributed by atoms with Crippen molar-refractivity contribution in [3.05, 3.63) is 53.3 Å². The molecule has 1 aliphatic heterocycles. The molecule has 2 aromatic carbocycles. The Morgan fingerprint density at radius 3 is 2.81 bits per heavy atom. The number of aryl methyl sites for hydroxylation is 2. The minimum Gasteiger partial charge on any atom is -0.489 e. The first kappa shape index (κ1) is 14.1. The first-order valence-electron chi connectivity index (χ1n) is 7.44. The van der Waals surface area contributed by atoms with Crippen LogP contribution in [-0.4, -0.2) is 12.6 Å². The van der Waals surface area contributed by atoms with E-state index in [0.717, 1.165) is 47.3 Å². The molecule has 110 valence electrons. The van der Waals surface area contributed by atoms with Crippen molar-refractivity contribution < 1.29 is 9.13 Å². The van der Waals surface area contributed by atoms with Gasteiger partial charge in [0.2, 0.25) is 0 Å². The van der Waals surface area contributed by atoms with Gasteiger partial charge in [-0.1, -0.05) is 24.3 Å². The normalized spacial score (nSPS) is 17.2. The molecule has 1 aliphatic rings. The summed E-state index contributed by atoms with van der Waals surface area (Å²) in [5, 5.41) is 0. The van der Waals surface area contributed by atoms with E-state index < -0.39 is 0 Å². The number of halogens is 1. The molecule has 0 saturated carbocycles. The van der Waals surface area contributed by atoms with Gasteiger partial charge in [-0.05, 0) is 61.6 Å². The van der Waals surface area contributed by atoms with Crippen LogP contribution in [0.1, 0.15) is 24.0 Å². The van der Waals surface area contributed by atoms with Crippen LogP contribution < -0.4 is 10.5 Å². The monoisotopic (exact) mass is 285 g/mol.